The predicted octanol–water partition coefficient (Wildman–Crippen LogP) is 2.13. The monoisotopic (exact) mass is 377 g/mol. The van der Waals surface area contributed by atoms with Gasteiger partial charge in [0, 0.05) is 25.8 Å². The van der Waals surface area contributed by atoms with Crippen LogP contribution in [0.25, 0.3) is 0 Å². The van der Waals surface area contributed by atoms with Crippen molar-refractivity contribution in [2.75, 3.05) is 19.7 Å². The second kappa shape index (κ2) is 7.92. The minimum atomic E-state index is -3.71. The molecule has 0 bridgehead atoms. The van der Waals surface area contributed by atoms with Crippen LogP contribution in [0.1, 0.15) is 35.8 Å². The van der Waals surface area contributed by atoms with Gasteiger partial charge in [-0.25, -0.2) is 13.1 Å². The molecule has 0 spiro atoms. The Hall–Kier alpha value is -2.32. The summed E-state index contributed by atoms with van der Waals surface area (Å²) in [4.78, 5) is 16.9. The first-order chi connectivity index (χ1) is 12.5. The van der Waals surface area contributed by atoms with E-state index in [9.17, 15) is 13.2 Å². The Morgan fingerprint density at radius 3 is 2.77 bits per heavy atom. The summed E-state index contributed by atoms with van der Waals surface area (Å²) < 4.78 is 32.9. The maximum Gasteiger partial charge on any atom is 0.270 e. The van der Waals surface area contributed by atoms with Crippen molar-refractivity contribution in [3.8, 4) is 5.75 Å². The molecule has 1 saturated heterocycles. The van der Waals surface area contributed by atoms with Gasteiger partial charge >= 0.3 is 0 Å². The average molecular weight is 377 g/mol. The van der Waals surface area contributed by atoms with Crippen LogP contribution in [0.3, 0.4) is 0 Å². The number of carbonyl (C=O) groups excluding carboxylic acids is 1. The molecule has 8 heteroatoms. The number of likely N-dealkylation sites (tertiary alicyclic amines) is 1. The SMILES string of the molecule is CCOc1cccc(CNS(=O)(=O)c2c[nH]c(C(=O)N3CCCC3)c2)c1. The average Bonchev–Trinajstić information content (AvgIpc) is 3.32. The van der Waals surface area contributed by atoms with Crippen molar-refractivity contribution in [2.45, 2.75) is 31.2 Å². The molecule has 1 amide bonds. The third kappa shape index (κ3) is 4.25. The van der Waals surface area contributed by atoms with Gasteiger partial charge in [0.15, 0.2) is 0 Å². The molecule has 3 rings (SSSR count). The normalized spacial score (nSPS) is 14.6. The van der Waals surface area contributed by atoms with E-state index in [0.29, 0.717) is 31.1 Å². The number of ether oxygens (including phenoxy) is 1. The highest BCUT2D eigenvalue weighted by molar-refractivity contribution is 7.89. The Kier molecular flexibility index (Phi) is 5.63. The standard InChI is InChI=1S/C18H23N3O4S/c1-2-25-15-7-5-6-14(10-15)12-20-26(23,24)16-11-17(19-13-16)18(22)21-8-3-4-9-21/h5-7,10-11,13,19-20H,2-4,8-9,12H2,1H3. The van der Waals surface area contributed by atoms with Crippen LogP contribution >= 0.6 is 0 Å². The van der Waals surface area contributed by atoms with Gasteiger partial charge in [0.1, 0.15) is 16.3 Å². The lowest BCUT2D eigenvalue weighted by molar-refractivity contribution is 0.0787. The molecule has 0 aliphatic carbocycles. The summed E-state index contributed by atoms with van der Waals surface area (Å²) in [7, 11) is -3.71. The van der Waals surface area contributed by atoms with E-state index in [-0.39, 0.29) is 17.3 Å². The zero-order valence-electron chi connectivity index (χ0n) is 14.7. The van der Waals surface area contributed by atoms with Gasteiger partial charge in [0.2, 0.25) is 10.0 Å². The summed E-state index contributed by atoms with van der Waals surface area (Å²) in [5, 5.41) is 0. The number of sulfonamides is 1. The van der Waals surface area contributed by atoms with Crippen LogP contribution in [0.15, 0.2) is 41.4 Å². The number of benzene rings is 1. The summed E-state index contributed by atoms with van der Waals surface area (Å²) in [5.74, 6) is 0.540. The molecule has 0 saturated carbocycles. The summed E-state index contributed by atoms with van der Waals surface area (Å²) in [6.07, 6.45) is 3.32. The summed E-state index contributed by atoms with van der Waals surface area (Å²) in [5.41, 5.74) is 1.09. The smallest absolute Gasteiger partial charge is 0.270 e. The Morgan fingerprint density at radius 1 is 1.27 bits per heavy atom. The molecule has 1 fully saturated rings. The van der Waals surface area contributed by atoms with Crippen LogP contribution in [0.4, 0.5) is 0 Å². The molecule has 2 aromatic rings. The maximum absolute atomic E-state index is 12.5. The lowest BCUT2D eigenvalue weighted by Crippen LogP contribution is -2.27. The van der Waals surface area contributed by atoms with Gasteiger partial charge in [-0.3, -0.25) is 4.79 Å². The summed E-state index contributed by atoms with van der Waals surface area (Å²) in [6.45, 7) is 4.02. The molecule has 140 valence electrons. The Balaban J connectivity index is 1.66. The molecule has 1 aliphatic heterocycles. The number of aromatic amines is 1. The van der Waals surface area contributed by atoms with E-state index in [2.05, 4.69) is 9.71 Å². The maximum atomic E-state index is 12.5. The topological polar surface area (TPSA) is 91.5 Å². The number of hydrogen-bond donors (Lipinski definition) is 2. The van der Waals surface area contributed by atoms with Crippen molar-refractivity contribution >= 4 is 15.9 Å². The van der Waals surface area contributed by atoms with Crippen LogP contribution in [0, 0.1) is 0 Å². The third-order valence-corrected chi connectivity index (χ3v) is 5.65. The highest BCUT2D eigenvalue weighted by Gasteiger charge is 2.23. The molecule has 2 N–H and O–H groups in total. The van der Waals surface area contributed by atoms with Crippen LogP contribution in [-0.4, -0.2) is 43.9 Å². The first-order valence-corrected chi connectivity index (χ1v) is 10.2. The minimum absolute atomic E-state index is 0.0565. The van der Waals surface area contributed by atoms with Crippen LogP contribution < -0.4 is 9.46 Å². The molecule has 2 heterocycles. The Labute approximate surface area is 153 Å². The summed E-state index contributed by atoms with van der Waals surface area (Å²) >= 11 is 0. The van der Waals surface area contributed by atoms with Crippen molar-refractivity contribution in [3.63, 3.8) is 0 Å². The van der Waals surface area contributed by atoms with Crippen molar-refractivity contribution in [1.29, 1.82) is 0 Å². The Bertz CT molecular complexity index is 870. The molecule has 1 aromatic heterocycles. The third-order valence-electron chi connectivity index (χ3n) is 4.27. The second-order valence-electron chi connectivity index (χ2n) is 6.15. The van der Waals surface area contributed by atoms with Gasteiger partial charge in [-0.05, 0) is 43.5 Å². The predicted molar refractivity (Wildman–Crippen MR) is 97.6 cm³/mol. The zero-order valence-corrected chi connectivity index (χ0v) is 15.5. The van der Waals surface area contributed by atoms with Gasteiger partial charge < -0.3 is 14.6 Å². The van der Waals surface area contributed by atoms with Crippen LogP contribution in [0.5, 0.6) is 5.75 Å². The van der Waals surface area contributed by atoms with E-state index in [1.54, 1.807) is 11.0 Å². The fourth-order valence-electron chi connectivity index (χ4n) is 2.92. The van der Waals surface area contributed by atoms with Gasteiger partial charge in [-0.15, -0.1) is 0 Å². The first-order valence-electron chi connectivity index (χ1n) is 8.68. The van der Waals surface area contributed by atoms with E-state index in [1.165, 1.54) is 12.3 Å². The molecule has 7 nitrogen and oxygen atoms in total. The molecule has 0 radical (unpaired) electrons. The molecule has 1 aliphatic rings. The van der Waals surface area contributed by atoms with Gasteiger partial charge in [0.05, 0.1) is 6.61 Å². The second-order valence-corrected chi connectivity index (χ2v) is 7.92. The van der Waals surface area contributed by atoms with Gasteiger partial charge in [-0.2, -0.15) is 0 Å². The van der Waals surface area contributed by atoms with E-state index in [4.69, 9.17) is 4.74 Å². The van der Waals surface area contributed by atoms with Crippen molar-refractivity contribution in [2.24, 2.45) is 0 Å². The zero-order chi connectivity index (χ0) is 18.6. The van der Waals surface area contributed by atoms with E-state index < -0.39 is 10.0 Å². The molecular formula is C18H23N3O4S. The number of carbonyl (C=O) groups is 1. The quantitative estimate of drug-likeness (QED) is 0.773. The van der Waals surface area contributed by atoms with Crippen molar-refractivity contribution in [3.05, 3.63) is 47.8 Å². The van der Waals surface area contributed by atoms with Gasteiger partial charge in [0.25, 0.3) is 5.91 Å². The number of rotatable bonds is 7. The van der Waals surface area contributed by atoms with E-state index >= 15 is 0 Å². The van der Waals surface area contributed by atoms with Crippen LogP contribution in [-0.2, 0) is 16.6 Å². The van der Waals surface area contributed by atoms with E-state index in [1.807, 2.05) is 25.1 Å². The fourth-order valence-corrected chi connectivity index (χ4v) is 3.93. The molecule has 1 aromatic carbocycles. The van der Waals surface area contributed by atoms with Gasteiger partial charge in [-0.1, -0.05) is 12.1 Å². The lowest BCUT2D eigenvalue weighted by Gasteiger charge is -2.13. The van der Waals surface area contributed by atoms with Crippen molar-refractivity contribution < 1.29 is 17.9 Å². The highest BCUT2D eigenvalue weighted by atomic mass is 32.2. The minimum Gasteiger partial charge on any atom is -0.494 e. The number of nitrogens with zero attached hydrogens (tertiary/aromatic N) is 1. The number of nitrogens with one attached hydrogen (secondary N) is 2. The summed E-state index contributed by atoms with van der Waals surface area (Å²) in [6, 6.07) is 8.65. The first kappa shape index (κ1) is 18.5. The fraction of sp³-hybridized carbons (Fsp3) is 0.389. The molecule has 0 unspecified atom stereocenters. The molecular weight excluding hydrogens is 354 g/mol. The highest BCUT2D eigenvalue weighted by Crippen LogP contribution is 2.17. The molecule has 0 atom stereocenters. The number of aromatic nitrogens is 1. The van der Waals surface area contributed by atoms with Crippen molar-refractivity contribution in [1.82, 2.24) is 14.6 Å². The lowest BCUT2D eigenvalue weighted by atomic mass is 10.2. The Morgan fingerprint density at radius 2 is 2.04 bits per heavy atom. The van der Waals surface area contributed by atoms with E-state index in [0.717, 1.165) is 18.4 Å². The number of hydrogen-bond acceptors (Lipinski definition) is 4. The number of H-pyrrole nitrogens is 1. The number of amides is 1. The van der Waals surface area contributed by atoms with Crippen LogP contribution in [0.2, 0.25) is 0 Å². The molecule has 26 heavy (non-hydrogen) atoms. The largest absolute Gasteiger partial charge is 0.494 e.